The molecule has 1 fully saturated rings. The molecule has 0 amide bonds. The fourth-order valence-electron chi connectivity index (χ4n) is 2.30. The van der Waals surface area contributed by atoms with Crippen molar-refractivity contribution in [3.05, 3.63) is 11.9 Å². The Morgan fingerprint density at radius 2 is 2.25 bits per heavy atom. The van der Waals surface area contributed by atoms with Gasteiger partial charge in [-0.05, 0) is 20.3 Å². The Balaban J connectivity index is 2.15. The topological polar surface area (TPSA) is 59.5 Å². The van der Waals surface area contributed by atoms with Gasteiger partial charge in [-0.15, -0.1) is 0 Å². The van der Waals surface area contributed by atoms with Crippen LogP contribution in [0, 0.1) is 0 Å². The van der Waals surface area contributed by atoms with Crippen molar-refractivity contribution in [2.75, 3.05) is 43.6 Å². The summed E-state index contributed by atoms with van der Waals surface area (Å²) >= 11 is 0. The van der Waals surface area contributed by atoms with E-state index < -0.39 is 0 Å². The molecule has 2 heterocycles. The standard InChI is InChI=1S/C14H24N4O2/c1-4-15-12-8-14(17-13(16-12)10-20-5-2)18-7-6-11(9-18)19-3/h8,11H,4-7,9-10H2,1-3H3,(H,15,16,17). The summed E-state index contributed by atoms with van der Waals surface area (Å²) in [4.78, 5) is 11.3. The highest BCUT2D eigenvalue weighted by Gasteiger charge is 2.23. The van der Waals surface area contributed by atoms with Crippen LogP contribution in [0.2, 0.25) is 0 Å². The maximum Gasteiger partial charge on any atom is 0.158 e. The molecule has 1 atom stereocenters. The predicted octanol–water partition coefficient (Wildman–Crippen LogP) is 1.67. The molecular formula is C14H24N4O2. The van der Waals surface area contributed by atoms with E-state index in [-0.39, 0.29) is 0 Å². The molecule has 1 saturated heterocycles. The van der Waals surface area contributed by atoms with E-state index in [0.29, 0.717) is 19.3 Å². The van der Waals surface area contributed by atoms with E-state index in [1.807, 2.05) is 13.0 Å². The molecule has 6 heteroatoms. The molecule has 112 valence electrons. The van der Waals surface area contributed by atoms with Crippen molar-refractivity contribution >= 4 is 11.6 Å². The van der Waals surface area contributed by atoms with Gasteiger partial charge in [-0.3, -0.25) is 0 Å². The van der Waals surface area contributed by atoms with Crippen molar-refractivity contribution in [1.29, 1.82) is 0 Å². The third kappa shape index (κ3) is 3.80. The Labute approximate surface area is 120 Å². The van der Waals surface area contributed by atoms with Crippen LogP contribution in [0.1, 0.15) is 26.1 Å². The summed E-state index contributed by atoms with van der Waals surface area (Å²) in [5.74, 6) is 2.53. The Bertz CT molecular complexity index is 428. The smallest absolute Gasteiger partial charge is 0.158 e. The molecule has 0 bridgehead atoms. The number of hydrogen-bond donors (Lipinski definition) is 1. The van der Waals surface area contributed by atoms with E-state index in [4.69, 9.17) is 9.47 Å². The van der Waals surface area contributed by atoms with Gasteiger partial charge < -0.3 is 19.7 Å². The van der Waals surface area contributed by atoms with Gasteiger partial charge in [-0.1, -0.05) is 0 Å². The fourth-order valence-corrected chi connectivity index (χ4v) is 2.30. The third-order valence-corrected chi connectivity index (χ3v) is 3.35. The summed E-state index contributed by atoms with van der Waals surface area (Å²) < 4.78 is 10.8. The molecule has 0 saturated carbocycles. The van der Waals surface area contributed by atoms with Gasteiger partial charge in [-0.25, -0.2) is 9.97 Å². The highest BCUT2D eigenvalue weighted by molar-refractivity contribution is 5.50. The van der Waals surface area contributed by atoms with Gasteiger partial charge in [-0.2, -0.15) is 0 Å². The summed E-state index contributed by atoms with van der Waals surface area (Å²) in [6.45, 7) is 7.83. The lowest BCUT2D eigenvalue weighted by Crippen LogP contribution is -2.24. The minimum Gasteiger partial charge on any atom is -0.380 e. The van der Waals surface area contributed by atoms with Crippen molar-refractivity contribution < 1.29 is 9.47 Å². The molecule has 0 aliphatic carbocycles. The first-order valence-corrected chi connectivity index (χ1v) is 7.24. The number of rotatable bonds is 7. The molecule has 0 aromatic carbocycles. The van der Waals surface area contributed by atoms with Crippen molar-refractivity contribution in [3.8, 4) is 0 Å². The zero-order valence-corrected chi connectivity index (χ0v) is 12.6. The first-order valence-electron chi connectivity index (χ1n) is 7.24. The van der Waals surface area contributed by atoms with Crippen LogP contribution in [0.4, 0.5) is 11.6 Å². The van der Waals surface area contributed by atoms with Crippen LogP contribution in [-0.4, -0.2) is 49.4 Å². The Kier molecular flexibility index (Phi) is 5.55. The Morgan fingerprint density at radius 1 is 1.40 bits per heavy atom. The van der Waals surface area contributed by atoms with Crippen molar-refractivity contribution in [3.63, 3.8) is 0 Å². The van der Waals surface area contributed by atoms with Crippen molar-refractivity contribution in [2.24, 2.45) is 0 Å². The third-order valence-electron chi connectivity index (χ3n) is 3.35. The number of methoxy groups -OCH3 is 1. The fraction of sp³-hybridized carbons (Fsp3) is 0.714. The van der Waals surface area contributed by atoms with Crippen molar-refractivity contribution in [2.45, 2.75) is 33.0 Å². The van der Waals surface area contributed by atoms with Crippen LogP contribution in [-0.2, 0) is 16.1 Å². The molecule has 0 spiro atoms. The Morgan fingerprint density at radius 3 is 2.90 bits per heavy atom. The van der Waals surface area contributed by atoms with Crippen LogP contribution < -0.4 is 10.2 Å². The molecule has 1 N–H and O–H groups in total. The second-order valence-electron chi connectivity index (χ2n) is 4.79. The van der Waals surface area contributed by atoms with E-state index in [1.165, 1.54) is 0 Å². The van der Waals surface area contributed by atoms with Gasteiger partial charge in [0.05, 0.1) is 6.10 Å². The zero-order valence-electron chi connectivity index (χ0n) is 12.6. The lowest BCUT2D eigenvalue weighted by atomic mass is 10.3. The van der Waals surface area contributed by atoms with Crippen LogP contribution >= 0.6 is 0 Å². The molecule has 0 radical (unpaired) electrons. The number of aromatic nitrogens is 2. The van der Waals surface area contributed by atoms with E-state index in [1.54, 1.807) is 7.11 Å². The first-order chi connectivity index (χ1) is 9.76. The first kappa shape index (κ1) is 15.0. The van der Waals surface area contributed by atoms with Crippen LogP contribution in [0.3, 0.4) is 0 Å². The number of anilines is 2. The highest BCUT2D eigenvalue weighted by atomic mass is 16.5. The number of nitrogens with one attached hydrogen (secondary N) is 1. The average molecular weight is 280 g/mol. The average Bonchev–Trinajstić information content (AvgIpc) is 2.94. The predicted molar refractivity (Wildman–Crippen MR) is 79.2 cm³/mol. The minimum atomic E-state index is 0.294. The minimum absolute atomic E-state index is 0.294. The van der Waals surface area contributed by atoms with Gasteiger partial charge in [0, 0.05) is 39.4 Å². The lowest BCUT2D eigenvalue weighted by Gasteiger charge is -2.19. The summed E-state index contributed by atoms with van der Waals surface area (Å²) in [5, 5.41) is 3.25. The maximum absolute atomic E-state index is 5.42. The van der Waals surface area contributed by atoms with Crippen molar-refractivity contribution in [1.82, 2.24) is 9.97 Å². The molecule has 1 aliphatic rings. The van der Waals surface area contributed by atoms with Gasteiger partial charge in [0.1, 0.15) is 18.2 Å². The molecule has 6 nitrogen and oxygen atoms in total. The normalized spacial score (nSPS) is 18.6. The van der Waals surface area contributed by atoms with E-state index in [9.17, 15) is 0 Å². The molecule has 2 rings (SSSR count). The second-order valence-corrected chi connectivity index (χ2v) is 4.79. The zero-order chi connectivity index (χ0) is 14.4. The summed E-state index contributed by atoms with van der Waals surface area (Å²) in [7, 11) is 1.76. The maximum atomic E-state index is 5.42. The van der Waals surface area contributed by atoms with Crippen LogP contribution in [0.5, 0.6) is 0 Å². The van der Waals surface area contributed by atoms with Gasteiger partial charge >= 0.3 is 0 Å². The second kappa shape index (κ2) is 7.40. The Hall–Kier alpha value is -1.40. The number of ether oxygens (including phenoxy) is 2. The van der Waals surface area contributed by atoms with E-state index in [0.717, 1.165) is 43.5 Å². The van der Waals surface area contributed by atoms with E-state index in [2.05, 4.69) is 27.1 Å². The number of nitrogens with zero attached hydrogens (tertiary/aromatic N) is 3. The van der Waals surface area contributed by atoms with Gasteiger partial charge in [0.2, 0.25) is 0 Å². The van der Waals surface area contributed by atoms with Crippen LogP contribution in [0.25, 0.3) is 0 Å². The van der Waals surface area contributed by atoms with E-state index >= 15 is 0 Å². The van der Waals surface area contributed by atoms with Gasteiger partial charge in [0.25, 0.3) is 0 Å². The summed E-state index contributed by atoms with van der Waals surface area (Å²) in [5.41, 5.74) is 0. The number of hydrogen-bond acceptors (Lipinski definition) is 6. The largest absolute Gasteiger partial charge is 0.380 e. The SMILES string of the molecule is CCNc1cc(N2CCC(OC)C2)nc(COCC)n1. The summed E-state index contributed by atoms with van der Waals surface area (Å²) in [6, 6.07) is 2.00. The summed E-state index contributed by atoms with van der Waals surface area (Å²) in [6.07, 6.45) is 1.33. The monoisotopic (exact) mass is 280 g/mol. The molecule has 1 aromatic rings. The lowest BCUT2D eigenvalue weighted by molar-refractivity contribution is 0.121. The molecule has 1 aliphatic heterocycles. The quantitative estimate of drug-likeness (QED) is 0.820. The highest BCUT2D eigenvalue weighted by Crippen LogP contribution is 2.22. The molecular weight excluding hydrogens is 256 g/mol. The molecule has 1 unspecified atom stereocenters. The van der Waals surface area contributed by atoms with Crippen LogP contribution in [0.15, 0.2) is 6.07 Å². The van der Waals surface area contributed by atoms with Gasteiger partial charge in [0.15, 0.2) is 5.82 Å². The molecule has 1 aromatic heterocycles. The molecule has 20 heavy (non-hydrogen) atoms.